The van der Waals surface area contributed by atoms with E-state index < -0.39 is 0 Å². The second kappa shape index (κ2) is 23.2. The fraction of sp³-hybridized carbons (Fsp3) is 0. The van der Waals surface area contributed by atoms with Crippen LogP contribution in [0.25, 0.3) is 145 Å². The molecule has 11 aromatic carbocycles. The van der Waals surface area contributed by atoms with Crippen LogP contribution in [-0.2, 0) is 0 Å². The smallest absolute Gasteiger partial charge is 0.0708 e. The molecule has 0 atom stereocenters. The van der Waals surface area contributed by atoms with Gasteiger partial charge in [-0.05, 0) is 137 Å². The first-order valence-corrected chi connectivity index (χ1v) is 28.5. The first-order valence-electron chi connectivity index (χ1n) is 28.5. The van der Waals surface area contributed by atoms with Gasteiger partial charge in [0.25, 0.3) is 0 Å². The quantitative estimate of drug-likeness (QED) is 0.115. The number of pyridine rings is 3. The molecule has 3 heterocycles. The third-order valence-corrected chi connectivity index (χ3v) is 15.9. The number of benzene rings is 11. The standard InChI is InChI=1S/C81H55N3/c1-8-26-56(27-9-1)63-44-45-69(75(49-63)78-55-84-81(62-38-20-7-21-39-62)52-74(78)59-32-14-4-15-33-59)66-47-64(67-40-22-24-42-70(67)76-53-82-79(60-34-16-5-17-35-60)50-72(76)57-28-10-2-11-29-57)46-65(48-66)68-41-23-25-43-71(68)77-54-83-80(61-36-18-6-19-37-61)51-73(77)58-30-12-3-13-31-58/h1-55H. The molecule has 3 aromatic heterocycles. The van der Waals surface area contributed by atoms with Crippen LogP contribution in [0.4, 0.5) is 0 Å². The van der Waals surface area contributed by atoms with Crippen LogP contribution in [0, 0.1) is 0 Å². The number of rotatable bonds is 13. The predicted molar refractivity (Wildman–Crippen MR) is 350 cm³/mol. The molecule has 0 aliphatic rings. The maximum Gasteiger partial charge on any atom is 0.0708 e. The van der Waals surface area contributed by atoms with Crippen molar-refractivity contribution in [3.63, 3.8) is 0 Å². The van der Waals surface area contributed by atoms with E-state index in [9.17, 15) is 0 Å². The molecule has 14 aromatic rings. The summed E-state index contributed by atoms with van der Waals surface area (Å²) in [4.78, 5) is 15.7. The van der Waals surface area contributed by atoms with Gasteiger partial charge in [-0.25, -0.2) is 0 Å². The van der Waals surface area contributed by atoms with E-state index in [2.05, 4.69) is 334 Å². The highest BCUT2D eigenvalue weighted by atomic mass is 14.7. The number of nitrogens with zero attached hydrogens (tertiary/aromatic N) is 3. The van der Waals surface area contributed by atoms with Crippen molar-refractivity contribution < 1.29 is 0 Å². The summed E-state index contributed by atoms with van der Waals surface area (Å²) in [6.07, 6.45) is 6.22. The molecule has 14 rings (SSSR count). The molecule has 0 aliphatic carbocycles. The fourth-order valence-electron chi connectivity index (χ4n) is 11.7. The zero-order valence-electron chi connectivity index (χ0n) is 46.1. The predicted octanol–water partition coefficient (Wildman–Crippen LogP) is 21.5. The molecule has 0 N–H and O–H groups in total. The fourth-order valence-corrected chi connectivity index (χ4v) is 11.7. The van der Waals surface area contributed by atoms with E-state index in [4.69, 9.17) is 15.0 Å². The van der Waals surface area contributed by atoms with Crippen LogP contribution >= 0.6 is 0 Å². The van der Waals surface area contributed by atoms with Crippen LogP contribution in [-0.4, -0.2) is 15.0 Å². The molecule has 0 amide bonds. The molecule has 0 bridgehead atoms. The maximum atomic E-state index is 5.27. The van der Waals surface area contributed by atoms with Crippen molar-refractivity contribution >= 4 is 0 Å². The summed E-state index contributed by atoms with van der Waals surface area (Å²) in [6, 6.07) is 113. The minimum absolute atomic E-state index is 0.916. The lowest BCUT2D eigenvalue weighted by atomic mass is 9.83. The minimum Gasteiger partial charge on any atom is -0.256 e. The van der Waals surface area contributed by atoms with E-state index in [0.717, 1.165) is 145 Å². The van der Waals surface area contributed by atoms with Crippen LogP contribution in [0.5, 0.6) is 0 Å². The van der Waals surface area contributed by atoms with Gasteiger partial charge in [-0.15, -0.1) is 0 Å². The Kier molecular flexibility index (Phi) is 14.1. The number of hydrogen-bond donors (Lipinski definition) is 0. The Morgan fingerprint density at radius 3 is 0.726 bits per heavy atom. The van der Waals surface area contributed by atoms with Gasteiger partial charge in [0.1, 0.15) is 0 Å². The van der Waals surface area contributed by atoms with Crippen molar-refractivity contribution in [3.8, 4) is 145 Å². The summed E-state index contributed by atoms with van der Waals surface area (Å²) in [6.45, 7) is 0. The van der Waals surface area contributed by atoms with Gasteiger partial charge < -0.3 is 0 Å². The molecule has 3 nitrogen and oxygen atoms in total. The van der Waals surface area contributed by atoms with Crippen molar-refractivity contribution in [3.05, 3.63) is 334 Å². The Hall–Kier alpha value is -11.1. The third kappa shape index (κ3) is 10.3. The van der Waals surface area contributed by atoms with Crippen LogP contribution in [0.1, 0.15) is 0 Å². The molecule has 3 heteroatoms. The van der Waals surface area contributed by atoms with Crippen LogP contribution < -0.4 is 0 Å². The average Bonchev–Trinajstić information content (AvgIpc) is 2.55. The van der Waals surface area contributed by atoms with Gasteiger partial charge in [-0.2, -0.15) is 0 Å². The number of aromatic nitrogens is 3. The Balaban J connectivity index is 1.03. The summed E-state index contributed by atoms with van der Waals surface area (Å²) in [5.74, 6) is 0. The molecule has 0 spiro atoms. The Bertz CT molecular complexity index is 4420. The van der Waals surface area contributed by atoms with Crippen molar-refractivity contribution in [1.82, 2.24) is 15.0 Å². The van der Waals surface area contributed by atoms with Gasteiger partial charge in [0, 0.05) is 52.0 Å². The summed E-state index contributed by atoms with van der Waals surface area (Å²) < 4.78 is 0. The SMILES string of the molecule is c1ccc(-c2ccc(-c3cc(-c4ccccc4-c4cnc(-c5ccccc5)cc4-c4ccccc4)cc(-c4ccccc4-c4cnc(-c5ccccc5)cc4-c4ccccc4)c3)c(-c3cnc(-c4ccccc4)cc3-c3ccccc3)c2)cc1. The van der Waals surface area contributed by atoms with Gasteiger partial charge in [-0.1, -0.05) is 273 Å². The lowest BCUT2D eigenvalue weighted by Crippen LogP contribution is -1.96. The van der Waals surface area contributed by atoms with E-state index in [1.165, 1.54) is 0 Å². The zero-order valence-corrected chi connectivity index (χ0v) is 46.1. The first-order chi connectivity index (χ1) is 41.7. The van der Waals surface area contributed by atoms with Crippen LogP contribution in [0.2, 0.25) is 0 Å². The van der Waals surface area contributed by atoms with Gasteiger partial charge in [0.05, 0.1) is 17.1 Å². The minimum atomic E-state index is 0.916. The number of hydrogen-bond acceptors (Lipinski definition) is 3. The molecule has 0 aliphatic heterocycles. The second-order valence-electron chi connectivity index (χ2n) is 21.1. The molecule has 0 fully saturated rings. The average molecular weight is 1070 g/mol. The van der Waals surface area contributed by atoms with Crippen molar-refractivity contribution in [2.45, 2.75) is 0 Å². The third-order valence-electron chi connectivity index (χ3n) is 15.9. The van der Waals surface area contributed by atoms with E-state index in [1.54, 1.807) is 0 Å². The highest BCUT2D eigenvalue weighted by Gasteiger charge is 2.22. The Morgan fingerprint density at radius 2 is 0.393 bits per heavy atom. The zero-order chi connectivity index (χ0) is 56.0. The van der Waals surface area contributed by atoms with Crippen molar-refractivity contribution in [2.24, 2.45) is 0 Å². The van der Waals surface area contributed by atoms with E-state index >= 15 is 0 Å². The monoisotopic (exact) mass is 1070 g/mol. The summed E-state index contributed by atoms with van der Waals surface area (Å²) in [5.41, 5.74) is 27.7. The van der Waals surface area contributed by atoms with Crippen molar-refractivity contribution in [1.29, 1.82) is 0 Å². The highest BCUT2D eigenvalue weighted by molar-refractivity contribution is 6.00. The Labute approximate surface area is 491 Å². The topological polar surface area (TPSA) is 38.7 Å². The Morgan fingerprint density at radius 1 is 0.131 bits per heavy atom. The van der Waals surface area contributed by atoms with Crippen molar-refractivity contribution in [2.75, 3.05) is 0 Å². The van der Waals surface area contributed by atoms with Crippen LogP contribution in [0.3, 0.4) is 0 Å². The van der Waals surface area contributed by atoms with E-state index in [1.807, 2.05) is 0 Å². The largest absolute Gasteiger partial charge is 0.256 e. The molecule has 0 unspecified atom stereocenters. The van der Waals surface area contributed by atoms with Gasteiger partial charge in [0.15, 0.2) is 0 Å². The van der Waals surface area contributed by atoms with Gasteiger partial charge in [-0.3, -0.25) is 15.0 Å². The molecular weight excluding hydrogens is 1010 g/mol. The maximum absolute atomic E-state index is 5.27. The molecule has 394 valence electrons. The van der Waals surface area contributed by atoms with E-state index in [0.29, 0.717) is 0 Å². The van der Waals surface area contributed by atoms with E-state index in [-0.39, 0.29) is 0 Å². The first kappa shape index (κ1) is 51.0. The summed E-state index contributed by atoms with van der Waals surface area (Å²) >= 11 is 0. The highest BCUT2D eigenvalue weighted by Crippen LogP contribution is 2.47. The van der Waals surface area contributed by atoms with Gasteiger partial charge >= 0.3 is 0 Å². The lowest BCUT2D eigenvalue weighted by molar-refractivity contribution is 1.32. The second-order valence-corrected chi connectivity index (χ2v) is 21.1. The molecular formula is C81H55N3. The lowest BCUT2D eigenvalue weighted by Gasteiger charge is -2.21. The summed E-state index contributed by atoms with van der Waals surface area (Å²) in [5, 5.41) is 0. The molecule has 84 heavy (non-hydrogen) atoms. The molecule has 0 radical (unpaired) electrons. The normalized spacial score (nSPS) is 11.1. The molecule has 0 saturated heterocycles. The summed E-state index contributed by atoms with van der Waals surface area (Å²) in [7, 11) is 0. The van der Waals surface area contributed by atoms with Gasteiger partial charge in [0.2, 0.25) is 0 Å². The molecule has 0 saturated carbocycles. The van der Waals surface area contributed by atoms with Crippen LogP contribution in [0.15, 0.2) is 334 Å².